The lowest BCUT2D eigenvalue weighted by Crippen LogP contribution is -1.78. The molecule has 46 valence electrons. The van der Waals surface area contributed by atoms with Crippen LogP contribution in [-0.2, 0) is 13.6 Å². The van der Waals surface area contributed by atoms with Crippen molar-refractivity contribution in [2.24, 2.45) is 7.05 Å². The Bertz CT molecular complexity index is 229. The summed E-state index contributed by atoms with van der Waals surface area (Å²) in [5, 5.41) is 0. The molecule has 9 heavy (non-hydrogen) atoms. The van der Waals surface area contributed by atoms with Crippen LogP contribution in [0, 0.1) is 6.57 Å². The highest BCUT2D eigenvalue weighted by molar-refractivity contribution is 5.11. The molecule has 0 aromatic carbocycles. The van der Waals surface area contributed by atoms with Crippen LogP contribution in [0.15, 0.2) is 18.5 Å². The summed E-state index contributed by atoms with van der Waals surface area (Å²) >= 11 is 0. The van der Waals surface area contributed by atoms with Gasteiger partial charge in [0.15, 0.2) is 0 Å². The lowest BCUT2D eigenvalue weighted by atomic mass is 10.3. The van der Waals surface area contributed by atoms with Gasteiger partial charge in [0.25, 0.3) is 0 Å². The molecule has 0 fully saturated rings. The van der Waals surface area contributed by atoms with Crippen LogP contribution in [0.2, 0.25) is 0 Å². The lowest BCUT2D eigenvalue weighted by molar-refractivity contribution is 0.922. The Hall–Kier alpha value is -1.23. The van der Waals surface area contributed by atoms with E-state index in [2.05, 4.69) is 4.85 Å². The molecular weight excluding hydrogens is 112 g/mol. The van der Waals surface area contributed by atoms with Crippen molar-refractivity contribution in [2.45, 2.75) is 6.54 Å². The number of nitrogens with zero attached hydrogens (tertiary/aromatic N) is 2. The molecule has 0 atom stereocenters. The van der Waals surface area contributed by atoms with Gasteiger partial charge in [0.05, 0.1) is 0 Å². The van der Waals surface area contributed by atoms with Gasteiger partial charge in [-0.2, -0.15) is 0 Å². The van der Waals surface area contributed by atoms with Gasteiger partial charge in [-0.3, -0.25) is 0 Å². The highest BCUT2D eigenvalue weighted by Crippen LogP contribution is 1.99. The number of rotatable bonds is 1. The zero-order valence-electron chi connectivity index (χ0n) is 5.33. The van der Waals surface area contributed by atoms with Crippen LogP contribution >= 0.6 is 0 Å². The Morgan fingerprint density at radius 3 is 3.00 bits per heavy atom. The summed E-state index contributed by atoms with van der Waals surface area (Å²) in [6.07, 6.45) is 3.90. The third-order valence-corrected chi connectivity index (χ3v) is 1.15. The molecule has 1 aromatic heterocycles. The minimum Gasteiger partial charge on any atom is -0.357 e. The Balaban J connectivity index is 2.76. The van der Waals surface area contributed by atoms with E-state index in [0.29, 0.717) is 6.54 Å². The third kappa shape index (κ3) is 1.33. The summed E-state index contributed by atoms with van der Waals surface area (Å²) in [6, 6.07) is 1.96. The van der Waals surface area contributed by atoms with Gasteiger partial charge in [-0.25, -0.2) is 6.57 Å². The quantitative estimate of drug-likeness (QED) is 0.496. The van der Waals surface area contributed by atoms with Crippen LogP contribution < -0.4 is 0 Å². The summed E-state index contributed by atoms with van der Waals surface area (Å²) in [5.41, 5.74) is 1.09. The van der Waals surface area contributed by atoms with Gasteiger partial charge in [0, 0.05) is 25.0 Å². The molecule has 0 aliphatic heterocycles. The molecular formula is C7H8N2. The van der Waals surface area contributed by atoms with E-state index in [9.17, 15) is 0 Å². The molecule has 1 aromatic rings. The zero-order chi connectivity index (χ0) is 6.69. The second-order valence-corrected chi connectivity index (χ2v) is 2.00. The topological polar surface area (TPSA) is 9.29 Å². The summed E-state index contributed by atoms with van der Waals surface area (Å²) in [6.45, 7) is 7.07. The smallest absolute Gasteiger partial charge is 0.241 e. The fourth-order valence-electron chi connectivity index (χ4n) is 0.746. The van der Waals surface area contributed by atoms with E-state index in [-0.39, 0.29) is 0 Å². The first kappa shape index (κ1) is 5.90. The lowest BCUT2D eigenvalue weighted by Gasteiger charge is -1.82. The second-order valence-electron chi connectivity index (χ2n) is 2.00. The predicted molar refractivity (Wildman–Crippen MR) is 35.7 cm³/mol. The zero-order valence-corrected chi connectivity index (χ0v) is 5.33. The Morgan fingerprint density at radius 2 is 2.56 bits per heavy atom. The molecule has 0 unspecified atom stereocenters. The van der Waals surface area contributed by atoms with E-state index in [1.165, 1.54) is 0 Å². The van der Waals surface area contributed by atoms with Gasteiger partial charge >= 0.3 is 0 Å². The van der Waals surface area contributed by atoms with Gasteiger partial charge in [0.1, 0.15) is 0 Å². The normalized spacial score (nSPS) is 8.89. The highest BCUT2D eigenvalue weighted by Gasteiger charge is 1.93. The van der Waals surface area contributed by atoms with Gasteiger partial charge < -0.3 is 9.41 Å². The van der Waals surface area contributed by atoms with Crippen molar-refractivity contribution >= 4 is 0 Å². The molecule has 0 aliphatic carbocycles. The monoisotopic (exact) mass is 120 g/mol. The Labute approximate surface area is 54.5 Å². The predicted octanol–water partition coefficient (Wildman–Crippen LogP) is 1.44. The molecule has 0 saturated heterocycles. The molecule has 0 saturated carbocycles. The molecule has 0 N–H and O–H groups in total. The Kier molecular flexibility index (Phi) is 1.55. The van der Waals surface area contributed by atoms with Crippen molar-refractivity contribution in [3.63, 3.8) is 0 Å². The fraction of sp³-hybridized carbons (Fsp3) is 0.286. The average Bonchev–Trinajstić information content (AvgIpc) is 2.17. The summed E-state index contributed by atoms with van der Waals surface area (Å²) in [5.74, 6) is 0. The maximum atomic E-state index is 6.57. The van der Waals surface area contributed by atoms with Crippen LogP contribution in [0.3, 0.4) is 0 Å². The molecule has 0 bridgehead atoms. The number of aromatic nitrogens is 1. The molecule has 2 heteroatoms. The van der Waals surface area contributed by atoms with Crippen LogP contribution in [0.4, 0.5) is 0 Å². The van der Waals surface area contributed by atoms with Crippen LogP contribution in [0.25, 0.3) is 4.85 Å². The van der Waals surface area contributed by atoms with E-state index < -0.39 is 0 Å². The summed E-state index contributed by atoms with van der Waals surface area (Å²) in [4.78, 5) is 3.26. The molecule has 1 heterocycles. The van der Waals surface area contributed by atoms with Crippen LogP contribution in [-0.4, -0.2) is 4.57 Å². The first-order chi connectivity index (χ1) is 4.33. The van der Waals surface area contributed by atoms with Crippen molar-refractivity contribution in [2.75, 3.05) is 0 Å². The van der Waals surface area contributed by atoms with Gasteiger partial charge in [-0.1, -0.05) is 0 Å². The van der Waals surface area contributed by atoms with Crippen molar-refractivity contribution in [1.82, 2.24) is 4.57 Å². The molecule has 2 nitrogen and oxygen atoms in total. The molecule has 0 amide bonds. The first-order valence-corrected chi connectivity index (χ1v) is 2.77. The average molecular weight is 120 g/mol. The number of hydrogen-bond acceptors (Lipinski definition) is 0. The van der Waals surface area contributed by atoms with Crippen molar-refractivity contribution < 1.29 is 0 Å². The SMILES string of the molecule is [C-]#[N+]Cc1ccn(C)c1. The van der Waals surface area contributed by atoms with Crippen LogP contribution in [0.5, 0.6) is 0 Å². The second kappa shape index (κ2) is 2.36. The first-order valence-electron chi connectivity index (χ1n) is 2.77. The summed E-state index contributed by atoms with van der Waals surface area (Å²) in [7, 11) is 1.95. The van der Waals surface area contributed by atoms with E-state index in [1.54, 1.807) is 0 Å². The standard InChI is InChI=1S/C7H8N2/c1-8-5-7-3-4-9(2)6-7/h3-4,6H,5H2,2H3. The van der Waals surface area contributed by atoms with Gasteiger partial charge in [-0.05, 0) is 6.07 Å². The largest absolute Gasteiger partial charge is 0.357 e. The van der Waals surface area contributed by atoms with E-state index in [0.717, 1.165) is 5.56 Å². The number of hydrogen-bond donors (Lipinski definition) is 0. The fourth-order valence-corrected chi connectivity index (χ4v) is 0.746. The van der Waals surface area contributed by atoms with E-state index in [4.69, 9.17) is 6.57 Å². The van der Waals surface area contributed by atoms with Gasteiger partial charge in [0.2, 0.25) is 6.54 Å². The van der Waals surface area contributed by atoms with E-state index in [1.807, 2.05) is 30.1 Å². The minimum absolute atomic E-state index is 0.501. The van der Waals surface area contributed by atoms with E-state index >= 15 is 0 Å². The molecule has 1 rings (SSSR count). The van der Waals surface area contributed by atoms with Crippen molar-refractivity contribution in [3.05, 3.63) is 35.4 Å². The van der Waals surface area contributed by atoms with Crippen molar-refractivity contribution in [3.8, 4) is 0 Å². The van der Waals surface area contributed by atoms with Gasteiger partial charge in [-0.15, -0.1) is 0 Å². The third-order valence-electron chi connectivity index (χ3n) is 1.15. The van der Waals surface area contributed by atoms with Crippen LogP contribution in [0.1, 0.15) is 5.56 Å². The maximum absolute atomic E-state index is 6.57. The molecule has 0 aliphatic rings. The highest BCUT2D eigenvalue weighted by atomic mass is 14.9. The maximum Gasteiger partial charge on any atom is 0.241 e. The summed E-state index contributed by atoms with van der Waals surface area (Å²) < 4.78 is 1.94. The molecule has 0 radical (unpaired) electrons. The molecule has 0 spiro atoms. The van der Waals surface area contributed by atoms with Crippen molar-refractivity contribution in [1.29, 1.82) is 0 Å². The minimum atomic E-state index is 0.501. The Morgan fingerprint density at radius 1 is 1.78 bits per heavy atom. The number of aryl methyl sites for hydroxylation is 1.